The quantitative estimate of drug-likeness (QED) is 0.783. The first-order valence-electron chi connectivity index (χ1n) is 6.31. The summed E-state index contributed by atoms with van der Waals surface area (Å²) in [6.45, 7) is 4.13. The second-order valence-corrected chi connectivity index (χ2v) is 4.53. The summed E-state index contributed by atoms with van der Waals surface area (Å²) in [7, 11) is 0. The van der Waals surface area contributed by atoms with Crippen LogP contribution < -0.4 is 5.73 Å². The van der Waals surface area contributed by atoms with Crippen LogP contribution in [0.4, 0.5) is 0 Å². The molecule has 1 aromatic heterocycles. The van der Waals surface area contributed by atoms with Gasteiger partial charge >= 0.3 is 0 Å². The molecule has 0 unspecified atom stereocenters. The van der Waals surface area contributed by atoms with E-state index >= 15 is 0 Å². The zero-order chi connectivity index (χ0) is 11.2. The van der Waals surface area contributed by atoms with E-state index in [-0.39, 0.29) is 0 Å². The number of likely N-dealkylation sites (tertiary alicyclic amines) is 1. The molecular formula is C12H22N4. The van der Waals surface area contributed by atoms with E-state index in [1.807, 2.05) is 23.1 Å². The Balaban J connectivity index is 1.69. The molecule has 1 atom stereocenters. The first kappa shape index (κ1) is 11.6. The van der Waals surface area contributed by atoms with Crippen molar-refractivity contribution in [1.29, 1.82) is 0 Å². The normalized spacial score (nSPS) is 21.7. The summed E-state index contributed by atoms with van der Waals surface area (Å²) in [6, 6.07) is 2.75. The van der Waals surface area contributed by atoms with Crippen LogP contribution >= 0.6 is 0 Å². The molecule has 4 nitrogen and oxygen atoms in total. The van der Waals surface area contributed by atoms with Crippen LogP contribution in [0, 0.1) is 0 Å². The molecule has 1 aliphatic rings. The van der Waals surface area contributed by atoms with E-state index in [1.165, 1.54) is 32.2 Å². The average Bonchev–Trinajstić information content (AvgIpc) is 2.91. The lowest BCUT2D eigenvalue weighted by Crippen LogP contribution is -2.34. The highest BCUT2D eigenvalue weighted by Crippen LogP contribution is 2.20. The fraction of sp³-hybridized carbons (Fsp3) is 0.750. The van der Waals surface area contributed by atoms with E-state index in [0.717, 1.165) is 25.7 Å². The van der Waals surface area contributed by atoms with Gasteiger partial charge in [-0.25, -0.2) is 0 Å². The van der Waals surface area contributed by atoms with Crippen LogP contribution in [-0.2, 0) is 6.54 Å². The summed E-state index contributed by atoms with van der Waals surface area (Å²) in [5, 5.41) is 4.22. The molecule has 1 aliphatic heterocycles. The highest BCUT2D eigenvalue weighted by molar-refractivity contribution is 4.80. The summed E-state index contributed by atoms with van der Waals surface area (Å²) in [6.07, 6.45) is 9.06. The number of aromatic nitrogens is 2. The van der Waals surface area contributed by atoms with E-state index in [2.05, 4.69) is 10.00 Å². The molecule has 0 aliphatic carbocycles. The van der Waals surface area contributed by atoms with Gasteiger partial charge in [-0.05, 0) is 38.3 Å². The summed E-state index contributed by atoms with van der Waals surface area (Å²) >= 11 is 0. The van der Waals surface area contributed by atoms with Crippen LogP contribution in [0.5, 0.6) is 0 Å². The Bertz CT molecular complexity index is 283. The summed E-state index contributed by atoms with van der Waals surface area (Å²) in [5.41, 5.74) is 5.62. The lowest BCUT2D eigenvalue weighted by Gasteiger charge is -2.23. The molecule has 2 N–H and O–H groups in total. The van der Waals surface area contributed by atoms with Crippen LogP contribution in [0.1, 0.15) is 25.7 Å². The minimum atomic E-state index is 0.763. The molecule has 16 heavy (non-hydrogen) atoms. The molecule has 0 amide bonds. The SMILES string of the molecule is NCCN1CCC[C@@H]1CCCn1cccn1. The van der Waals surface area contributed by atoms with Crippen molar-refractivity contribution in [3.05, 3.63) is 18.5 Å². The molecular weight excluding hydrogens is 200 g/mol. The minimum Gasteiger partial charge on any atom is -0.329 e. The van der Waals surface area contributed by atoms with Gasteiger partial charge in [-0.2, -0.15) is 5.10 Å². The number of nitrogens with zero attached hydrogens (tertiary/aromatic N) is 3. The second-order valence-electron chi connectivity index (χ2n) is 4.53. The standard InChI is InChI=1S/C12H22N4/c13-6-11-15-8-1-4-12(15)5-2-9-16-10-3-7-14-16/h3,7,10,12H,1-2,4-6,8-9,11,13H2/t12-/m1/s1. The van der Waals surface area contributed by atoms with Crippen LogP contribution in [0.25, 0.3) is 0 Å². The van der Waals surface area contributed by atoms with Gasteiger partial charge in [0.25, 0.3) is 0 Å². The van der Waals surface area contributed by atoms with Crippen LogP contribution in [0.3, 0.4) is 0 Å². The second kappa shape index (κ2) is 6.01. The van der Waals surface area contributed by atoms with Gasteiger partial charge in [0.05, 0.1) is 0 Å². The third kappa shape index (κ3) is 3.06. The van der Waals surface area contributed by atoms with Gasteiger partial charge in [-0.1, -0.05) is 0 Å². The molecule has 0 aromatic carbocycles. The van der Waals surface area contributed by atoms with E-state index in [1.54, 1.807) is 0 Å². The highest BCUT2D eigenvalue weighted by Gasteiger charge is 2.22. The van der Waals surface area contributed by atoms with Crippen LogP contribution in [-0.4, -0.2) is 40.4 Å². The number of rotatable bonds is 6. The van der Waals surface area contributed by atoms with Crippen molar-refractivity contribution in [1.82, 2.24) is 14.7 Å². The Labute approximate surface area is 97.4 Å². The van der Waals surface area contributed by atoms with Crippen molar-refractivity contribution in [2.75, 3.05) is 19.6 Å². The Morgan fingerprint density at radius 3 is 3.06 bits per heavy atom. The minimum absolute atomic E-state index is 0.763. The number of nitrogens with two attached hydrogens (primary N) is 1. The van der Waals surface area contributed by atoms with Gasteiger partial charge in [-0.3, -0.25) is 9.58 Å². The predicted octanol–water partition coefficient (Wildman–Crippen LogP) is 1.09. The lowest BCUT2D eigenvalue weighted by molar-refractivity contribution is 0.243. The van der Waals surface area contributed by atoms with Crippen molar-refractivity contribution >= 4 is 0 Å². The molecule has 1 aromatic rings. The van der Waals surface area contributed by atoms with Gasteiger partial charge in [0.15, 0.2) is 0 Å². The van der Waals surface area contributed by atoms with E-state index in [4.69, 9.17) is 5.73 Å². The van der Waals surface area contributed by atoms with Crippen molar-refractivity contribution in [3.8, 4) is 0 Å². The maximum Gasteiger partial charge on any atom is 0.0489 e. The fourth-order valence-electron chi connectivity index (χ4n) is 2.60. The Morgan fingerprint density at radius 2 is 2.31 bits per heavy atom. The van der Waals surface area contributed by atoms with Crippen LogP contribution in [0.15, 0.2) is 18.5 Å². The molecule has 0 radical (unpaired) electrons. The van der Waals surface area contributed by atoms with E-state index in [9.17, 15) is 0 Å². The van der Waals surface area contributed by atoms with Gasteiger partial charge in [0.1, 0.15) is 0 Å². The topological polar surface area (TPSA) is 47.1 Å². The van der Waals surface area contributed by atoms with E-state index in [0.29, 0.717) is 0 Å². The molecule has 1 fully saturated rings. The third-order valence-corrected chi connectivity index (χ3v) is 3.40. The molecule has 1 saturated heterocycles. The highest BCUT2D eigenvalue weighted by atomic mass is 15.3. The van der Waals surface area contributed by atoms with Crippen molar-refractivity contribution in [2.24, 2.45) is 5.73 Å². The molecule has 0 saturated carbocycles. The van der Waals surface area contributed by atoms with Crippen molar-refractivity contribution in [3.63, 3.8) is 0 Å². The number of hydrogen-bond donors (Lipinski definition) is 1. The molecule has 0 spiro atoms. The zero-order valence-electron chi connectivity index (χ0n) is 9.89. The monoisotopic (exact) mass is 222 g/mol. The first-order chi connectivity index (χ1) is 7.90. The Morgan fingerprint density at radius 1 is 1.38 bits per heavy atom. The summed E-state index contributed by atoms with van der Waals surface area (Å²) in [5.74, 6) is 0. The van der Waals surface area contributed by atoms with Gasteiger partial charge in [-0.15, -0.1) is 0 Å². The third-order valence-electron chi connectivity index (χ3n) is 3.40. The molecule has 0 bridgehead atoms. The van der Waals surface area contributed by atoms with Crippen molar-refractivity contribution < 1.29 is 0 Å². The molecule has 4 heteroatoms. The maximum absolute atomic E-state index is 5.62. The van der Waals surface area contributed by atoms with Crippen molar-refractivity contribution in [2.45, 2.75) is 38.3 Å². The van der Waals surface area contributed by atoms with Gasteiger partial charge < -0.3 is 5.73 Å². The van der Waals surface area contributed by atoms with Gasteiger partial charge in [0.2, 0.25) is 0 Å². The largest absolute Gasteiger partial charge is 0.329 e. The smallest absolute Gasteiger partial charge is 0.0489 e. The Hall–Kier alpha value is -0.870. The molecule has 2 heterocycles. The fourth-order valence-corrected chi connectivity index (χ4v) is 2.60. The van der Waals surface area contributed by atoms with Crippen LogP contribution in [0.2, 0.25) is 0 Å². The zero-order valence-corrected chi connectivity index (χ0v) is 9.89. The Kier molecular flexibility index (Phi) is 4.36. The summed E-state index contributed by atoms with van der Waals surface area (Å²) < 4.78 is 2.02. The molecule has 2 rings (SSSR count). The predicted molar refractivity (Wildman–Crippen MR) is 65.1 cm³/mol. The molecule has 90 valence electrons. The van der Waals surface area contributed by atoms with E-state index < -0.39 is 0 Å². The number of aryl methyl sites for hydroxylation is 1. The maximum atomic E-state index is 5.62. The first-order valence-corrected chi connectivity index (χ1v) is 6.31. The lowest BCUT2D eigenvalue weighted by atomic mass is 10.1. The average molecular weight is 222 g/mol. The summed E-state index contributed by atoms with van der Waals surface area (Å²) in [4.78, 5) is 2.54. The van der Waals surface area contributed by atoms with Gasteiger partial charge in [0, 0.05) is 38.1 Å². The number of hydrogen-bond acceptors (Lipinski definition) is 3.